The molecule has 6 heteroatoms. The molecular weight excluding hydrogens is 286 g/mol. The quantitative estimate of drug-likeness (QED) is 0.555. The Labute approximate surface area is 102 Å². The predicted octanol–water partition coefficient (Wildman–Crippen LogP) is 0.716. The second-order valence-corrected chi connectivity index (χ2v) is 1.80. The first-order valence-corrected chi connectivity index (χ1v) is 2.43. The molecule has 2 radical (unpaired) electrons. The maximum Gasteiger partial charge on any atom is 0.450 e. The molecular formula is C5H5BaF3O2. The molecule has 0 aliphatic rings. The van der Waals surface area contributed by atoms with E-state index >= 15 is 0 Å². The molecule has 0 aliphatic heterocycles. The largest absolute Gasteiger partial charge is 0.450 e. The zero-order chi connectivity index (χ0) is 8.36. The Morgan fingerprint density at radius 3 is 1.73 bits per heavy atom. The second kappa shape index (κ2) is 5.37. The van der Waals surface area contributed by atoms with Gasteiger partial charge in [0.05, 0.1) is 6.42 Å². The van der Waals surface area contributed by atoms with E-state index < -0.39 is 24.2 Å². The fraction of sp³-hybridized carbons (Fsp3) is 0.600. The SMILES string of the molecule is CC(=O)CC(=O)C(F)(F)F.[Ba]. The number of Topliss-reactive ketones (excluding diaryl/α,β-unsaturated/α-hetero) is 2. The standard InChI is InChI=1S/C5H5F3O2.Ba/c1-3(9)2-4(10)5(6,7)8;/h2H2,1H3;. The van der Waals surface area contributed by atoms with Gasteiger partial charge in [-0.25, -0.2) is 0 Å². The van der Waals surface area contributed by atoms with Crippen LogP contribution in [0.1, 0.15) is 13.3 Å². The Hall–Kier alpha value is 0.701. The molecule has 0 aromatic rings. The fourth-order valence-corrected chi connectivity index (χ4v) is 0.326. The Kier molecular flexibility index (Phi) is 6.94. The number of halogens is 3. The first-order chi connectivity index (χ1) is 4.34. The van der Waals surface area contributed by atoms with Gasteiger partial charge in [0.1, 0.15) is 5.78 Å². The molecule has 0 heterocycles. The third-order valence-corrected chi connectivity index (χ3v) is 0.726. The first-order valence-electron chi connectivity index (χ1n) is 2.43. The van der Waals surface area contributed by atoms with Crippen LogP contribution in [0.5, 0.6) is 0 Å². The Bertz CT molecular complexity index is 164. The van der Waals surface area contributed by atoms with E-state index in [9.17, 15) is 22.8 Å². The summed E-state index contributed by atoms with van der Waals surface area (Å²) in [6, 6.07) is 0. The van der Waals surface area contributed by atoms with Crippen LogP contribution < -0.4 is 0 Å². The molecule has 0 saturated carbocycles. The van der Waals surface area contributed by atoms with Crippen molar-refractivity contribution in [1.29, 1.82) is 0 Å². The van der Waals surface area contributed by atoms with Crippen LogP contribution >= 0.6 is 0 Å². The summed E-state index contributed by atoms with van der Waals surface area (Å²) in [5.41, 5.74) is 0. The topological polar surface area (TPSA) is 34.1 Å². The number of rotatable bonds is 2. The van der Waals surface area contributed by atoms with E-state index in [1.54, 1.807) is 0 Å². The molecule has 0 saturated heterocycles. The summed E-state index contributed by atoms with van der Waals surface area (Å²) in [6.07, 6.45) is -5.92. The molecule has 0 atom stereocenters. The van der Waals surface area contributed by atoms with Gasteiger partial charge in [-0.3, -0.25) is 9.59 Å². The van der Waals surface area contributed by atoms with Crippen LogP contribution in [-0.2, 0) is 9.59 Å². The van der Waals surface area contributed by atoms with Crippen molar-refractivity contribution in [1.82, 2.24) is 0 Å². The second-order valence-electron chi connectivity index (χ2n) is 1.80. The molecule has 0 N–H and O–H groups in total. The Morgan fingerprint density at radius 1 is 1.27 bits per heavy atom. The minimum atomic E-state index is -4.87. The van der Waals surface area contributed by atoms with Gasteiger partial charge < -0.3 is 0 Å². The molecule has 2 nitrogen and oxygen atoms in total. The van der Waals surface area contributed by atoms with Crippen LogP contribution in [0.4, 0.5) is 13.2 Å². The molecule has 60 valence electrons. The fourth-order valence-electron chi connectivity index (χ4n) is 0.326. The van der Waals surface area contributed by atoms with Crippen LogP contribution in [0.3, 0.4) is 0 Å². The van der Waals surface area contributed by atoms with Crippen molar-refractivity contribution in [2.75, 3.05) is 0 Å². The minimum Gasteiger partial charge on any atom is -0.300 e. The van der Waals surface area contributed by atoms with Gasteiger partial charge in [-0.15, -0.1) is 0 Å². The first kappa shape index (κ1) is 14.2. The maximum absolute atomic E-state index is 11.3. The third-order valence-electron chi connectivity index (χ3n) is 0.726. The van der Waals surface area contributed by atoms with Crippen LogP contribution in [0, 0.1) is 0 Å². The van der Waals surface area contributed by atoms with Gasteiger partial charge in [0.25, 0.3) is 0 Å². The van der Waals surface area contributed by atoms with E-state index in [2.05, 4.69) is 0 Å². The van der Waals surface area contributed by atoms with Gasteiger partial charge in [-0.05, 0) is 6.92 Å². The monoisotopic (exact) mass is 292 g/mol. The predicted molar refractivity (Wildman–Crippen MR) is 32.1 cm³/mol. The molecule has 0 aromatic heterocycles. The number of carbonyl (C=O) groups excluding carboxylic acids is 2. The Morgan fingerprint density at radius 2 is 1.64 bits per heavy atom. The number of hydrogen-bond acceptors (Lipinski definition) is 2. The van der Waals surface area contributed by atoms with Crippen LogP contribution in [0.2, 0.25) is 0 Å². The van der Waals surface area contributed by atoms with E-state index in [0.29, 0.717) is 0 Å². The molecule has 0 rings (SSSR count). The summed E-state index contributed by atoms with van der Waals surface area (Å²) in [6.45, 7) is 0.934. The molecule has 11 heavy (non-hydrogen) atoms. The van der Waals surface area contributed by atoms with Gasteiger partial charge >= 0.3 is 6.18 Å². The molecule has 0 amide bonds. The zero-order valence-electron chi connectivity index (χ0n) is 5.86. The van der Waals surface area contributed by atoms with Crippen LogP contribution in [0.15, 0.2) is 0 Å². The molecule has 0 bridgehead atoms. The Balaban J connectivity index is 0. The van der Waals surface area contributed by atoms with Gasteiger partial charge in [-0.1, -0.05) is 0 Å². The van der Waals surface area contributed by atoms with Crippen molar-refractivity contribution < 1.29 is 22.8 Å². The normalized spacial score (nSPS) is 10.2. The number of carbonyl (C=O) groups is 2. The van der Waals surface area contributed by atoms with E-state index in [0.717, 1.165) is 6.92 Å². The maximum atomic E-state index is 11.3. The van der Waals surface area contributed by atoms with Crippen molar-refractivity contribution >= 4 is 60.4 Å². The van der Waals surface area contributed by atoms with Crippen molar-refractivity contribution in [2.45, 2.75) is 19.5 Å². The zero-order valence-corrected chi connectivity index (χ0v) is 10.3. The smallest absolute Gasteiger partial charge is 0.300 e. The van der Waals surface area contributed by atoms with Crippen molar-refractivity contribution in [3.63, 3.8) is 0 Å². The summed E-state index contributed by atoms with van der Waals surface area (Å²) >= 11 is 0. The van der Waals surface area contributed by atoms with Crippen molar-refractivity contribution in [3.05, 3.63) is 0 Å². The van der Waals surface area contributed by atoms with Crippen molar-refractivity contribution in [2.24, 2.45) is 0 Å². The molecule has 0 aromatic carbocycles. The number of ketones is 2. The van der Waals surface area contributed by atoms with Gasteiger partial charge in [0.15, 0.2) is 0 Å². The number of hydrogen-bond donors (Lipinski definition) is 0. The summed E-state index contributed by atoms with van der Waals surface area (Å²) in [4.78, 5) is 19.9. The minimum absolute atomic E-state index is 0. The average Bonchev–Trinajstić information content (AvgIpc) is 1.60. The number of alkyl halides is 3. The average molecular weight is 291 g/mol. The molecule has 0 unspecified atom stereocenters. The summed E-state index contributed by atoms with van der Waals surface area (Å²) in [7, 11) is 0. The van der Waals surface area contributed by atoms with E-state index in [1.165, 1.54) is 0 Å². The van der Waals surface area contributed by atoms with Gasteiger partial charge in [-0.2, -0.15) is 13.2 Å². The van der Waals surface area contributed by atoms with E-state index in [-0.39, 0.29) is 48.9 Å². The van der Waals surface area contributed by atoms with Crippen molar-refractivity contribution in [3.8, 4) is 0 Å². The van der Waals surface area contributed by atoms with E-state index in [1.807, 2.05) is 0 Å². The third kappa shape index (κ3) is 7.08. The summed E-state index contributed by atoms with van der Waals surface area (Å²) in [5, 5.41) is 0. The van der Waals surface area contributed by atoms with Gasteiger partial charge in [0.2, 0.25) is 5.78 Å². The molecule has 0 aliphatic carbocycles. The van der Waals surface area contributed by atoms with E-state index in [4.69, 9.17) is 0 Å². The molecule has 0 spiro atoms. The summed E-state index contributed by atoms with van der Waals surface area (Å²) in [5.74, 6) is -2.76. The molecule has 0 fully saturated rings. The van der Waals surface area contributed by atoms with Crippen LogP contribution in [-0.4, -0.2) is 66.6 Å². The van der Waals surface area contributed by atoms with Crippen LogP contribution in [0.25, 0.3) is 0 Å². The summed E-state index contributed by atoms with van der Waals surface area (Å²) < 4.78 is 33.9. The van der Waals surface area contributed by atoms with Gasteiger partial charge in [0, 0.05) is 48.9 Å².